The van der Waals surface area contributed by atoms with Crippen LogP contribution in [0.1, 0.15) is 40.1 Å². The van der Waals surface area contributed by atoms with Crippen molar-refractivity contribution in [3.63, 3.8) is 0 Å². The average Bonchev–Trinajstić information content (AvgIpc) is 3.41. The fourth-order valence-corrected chi connectivity index (χ4v) is 4.16. The Kier molecular flexibility index (Phi) is 5.58. The molecule has 29 heavy (non-hydrogen) atoms. The Balaban J connectivity index is 1.68. The molecule has 146 valence electrons. The Morgan fingerprint density at radius 1 is 1.07 bits per heavy atom. The summed E-state index contributed by atoms with van der Waals surface area (Å²) in [5, 5.41) is 4.68. The maximum atomic E-state index is 13.5. The Morgan fingerprint density at radius 3 is 2.62 bits per heavy atom. The molecule has 0 radical (unpaired) electrons. The van der Waals surface area contributed by atoms with Gasteiger partial charge in [-0.05, 0) is 34.4 Å². The number of esters is 1. The van der Waals surface area contributed by atoms with E-state index < -0.39 is 12.1 Å². The molecular formula is C24H21NO3S. The van der Waals surface area contributed by atoms with Gasteiger partial charge in [0.25, 0.3) is 0 Å². The molecule has 0 aliphatic heterocycles. The van der Waals surface area contributed by atoms with Gasteiger partial charge >= 0.3 is 5.97 Å². The van der Waals surface area contributed by atoms with Crippen molar-refractivity contribution in [1.29, 1.82) is 0 Å². The molecule has 0 spiro atoms. The molecule has 4 rings (SSSR count). The summed E-state index contributed by atoms with van der Waals surface area (Å²) in [6, 6.07) is 17.0. The van der Waals surface area contributed by atoms with Crippen LogP contribution in [0.5, 0.6) is 0 Å². The summed E-state index contributed by atoms with van der Waals surface area (Å²) in [6.07, 6.45) is 1.75. The number of carbonyl (C=O) groups is 2. The van der Waals surface area contributed by atoms with Crippen LogP contribution in [-0.4, -0.2) is 16.7 Å². The number of aromatic nitrogens is 1. The van der Waals surface area contributed by atoms with Crippen molar-refractivity contribution in [3.8, 4) is 0 Å². The van der Waals surface area contributed by atoms with Crippen molar-refractivity contribution in [3.05, 3.63) is 93.8 Å². The number of carbonyl (C=O) groups excluding carboxylic acids is 2. The number of rotatable bonds is 7. The SMILES string of the molecule is CCc1cccc2c(C(=O)[C@@H](OC(=O)Cc3ccsc3)c3ccccc3)c[nH]c12. The number of Topliss-reactive ketones (excluding diaryl/α,β-unsaturated/α-hetero) is 1. The fraction of sp³-hybridized carbons (Fsp3) is 0.167. The van der Waals surface area contributed by atoms with E-state index in [1.165, 1.54) is 11.3 Å². The molecular weight excluding hydrogens is 382 g/mol. The van der Waals surface area contributed by atoms with E-state index >= 15 is 0 Å². The lowest BCUT2D eigenvalue weighted by molar-refractivity contribution is -0.146. The quantitative estimate of drug-likeness (QED) is 0.327. The summed E-state index contributed by atoms with van der Waals surface area (Å²) in [7, 11) is 0. The summed E-state index contributed by atoms with van der Waals surface area (Å²) in [4.78, 5) is 29.2. The summed E-state index contributed by atoms with van der Waals surface area (Å²) in [5.41, 5.74) is 4.19. The third-order valence-corrected chi connectivity index (χ3v) is 5.70. The van der Waals surface area contributed by atoms with Crippen LogP contribution in [0.15, 0.2) is 71.6 Å². The molecule has 0 fully saturated rings. The number of para-hydroxylation sites is 1. The van der Waals surface area contributed by atoms with Crippen molar-refractivity contribution < 1.29 is 14.3 Å². The predicted molar refractivity (Wildman–Crippen MR) is 115 cm³/mol. The first-order chi connectivity index (χ1) is 14.2. The molecule has 0 aliphatic rings. The molecule has 0 amide bonds. The number of fused-ring (bicyclic) bond motifs is 1. The summed E-state index contributed by atoms with van der Waals surface area (Å²) in [6.45, 7) is 2.08. The lowest BCUT2D eigenvalue weighted by atomic mass is 9.98. The van der Waals surface area contributed by atoms with E-state index in [-0.39, 0.29) is 12.2 Å². The molecule has 0 saturated carbocycles. The van der Waals surface area contributed by atoms with Crippen molar-refractivity contribution in [2.45, 2.75) is 25.9 Å². The van der Waals surface area contributed by atoms with Crippen LogP contribution in [0.2, 0.25) is 0 Å². The third kappa shape index (κ3) is 4.00. The standard InChI is InChI=1S/C24H21NO3S/c1-2-17-9-6-10-19-20(14-25-22(17)19)23(27)24(18-7-4-3-5-8-18)28-21(26)13-16-11-12-29-15-16/h3-12,14-15,24-25H,2,13H2,1H3/t24-/m0/s1. The summed E-state index contributed by atoms with van der Waals surface area (Å²) in [5.74, 6) is -0.644. The first-order valence-electron chi connectivity index (χ1n) is 9.56. The lowest BCUT2D eigenvalue weighted by Crippen LogP contribution is -2.21. The molecule has 1 N–H and O–H groups in total. The van der Waals surface area contributed by atoms with Crippen molar-refractivity contribution in [1.82, 2.24) is 4.98 Å². The van der Waals surface area contributed by atoms with E-state index in [0.717, 1.165) is 28.5 Å². The van der Waals surface area contributed by atoms with Crippen LogP contribution in [0.25, 0.3) is 10.9 Å². The number of aromatic amines is 1. The molecule has 5 heteroatoms. The zero-order valence-corrected chi connectivity index (χ0v) is 16.9. The van der Waals surface area contributed by atoms with Gasteiger partial charge in [-0.1, -0.05) is 55.5 Å². The summed E-state index contributed by atoms with van der Waals surface area (Å²) >= 11 is 1.53. The monoisotopic (exact) mass is 403 g/mol. The number of nitrogens with one attached hydrogen (secondary N) is 1. The Morgan fingerprint density at radius 2 is 1.90 bits per heavy atom. The minimum atomic E-state index is -0.980. The van der Waals surface area contributed by atoms with Crippen LogP contribution in [0, 0.1) is 0 Å². The largest absolute Gasteiger partial charge is 0.449 e. The molecule has 2 aromatic carbocycles. The zero-order valence-electron chi connectivity index (χ0n) is 16.1. The zero-order chi connectivity index (χ0) is 20.2. The van der Waals surface area contributed by atoms with E-state index in [1.54, 1.807) is 6.20 Å². The van der Waals surface area contributed by atoms with E-state index in [2.05, 4.69) is 11.9 Å². The van der Waals surface area contributed by atoms with Gasteiger partial charge in [0.15, 0.2) is 6.10 Å². The normalized spacial score (nSPS) is 12.0. The van der Waals surface area contributed by atoms with Crippen LogP contribution in [-0.2, 0) is 22.4 Å². The molecule has 0 unspecified atom stereocenters. The second kappa shape index (κ2) is 8.45. The smallest absolute Gasteiger partial charge is 0.311 e. The van der Waals surface area contributed by atoms with E-state index in [1.807, 2.05) is 65.4 Å². The second-order valence-electron chi connectivity index (χ2n) is 6.85. The number of hydrogen-bond donors (Lipinski definition) is 1. The van der Waals surface area contributed by atoms with Crippen molar-refractivity contribution in [2.24, 2.45) is 0 Å². The van der Waals surface area contributed by atoms with Crippen LogP contribution >= 0.6 is 11.3 Å². The number of benzene rings is 2. The Bertz CT molecular complexity index is 1130. The molecule has 0 bridgehead atoms. The maximum Gasteiger partial charge on any atom is 0.311 e. The van der Waals surface area contributed by atoms with Gasteiger partial charge in [0.1, 0.15) is 0 Å². The summed E-state index contributed by atoms with van der Waals surface area (Å²) < 4.78 is 5.70. The predicted octanol–water partition coefficient (Wildman–Crippen LogP) is 5.50. The lowest BCUT2D eigenvalue weighted by Gasteiger charge is -2.17. The van der Waals surface area contributed by atoms with E-state index in [4.69, 9.17) is 4.74 Å². The van der Waals surface area contributed by atoms with Gasteiger partial charge in [-0.2, -0.15) is 11.3 Å². The maximum absolute atomic E-state index is 13.5. The molecule has 2 aromatic heterocycles. The van der Waals surface area contributed by atoms with Crippen LogP contribution in [0.4, 0.5) is 0 Å². The molecule has 0 aliphatic carbocycles. The molecule has 0 saturated heterocycles. The highest BCUT2D eigenvalue weighted by molar-refractivity contribution is 7.08. The van der Waals surface area contributed by atoms with Gasteiger partial charge in [-0.15, -0.1) is 0 Å². The minimum Gasteiger partial charge on any atom is -0.449 e. The molecule has 4 aromatic rings. The fourth-order valence-electron chi connectivity index (χ4n) is 3.49. The molecule has 1 atom stereocenters. The minimum absolute atomic E-state index is 0.147. The molecule has 2 heterocycles. The molecule has 4 nitrogen and oxygen atoms in total. The van der Waals surface area contributed by atoms with Gasteiger partial charge in [0, 0.05) is 28.2 Å². The van der Waals surface area contributed by atoms with Gasteiger partial charge in [0.05, 0.1) is 6.42 Å². The van der Waals surface area contributed by atoms with E-state index in [9.17, 15) is 9.59 Å². The average molecular weight is 404 g/mol. The van der Waals surface area contributed by atoms with Gasteiger partial charge in [-0.3, -0.25) is 9.59 Å². The highest BCUT2D eigenvalue weighted by Crippen LogP contribution is 2.29. The number of ether oxygens (including phenoxy) is 1. The van der Waals surface area contributed by atoms with Crippen LogP contribution < -0.4 is 0 Å². The topological polar surface area (TPSA) is 59.2 Å². The number of hydrogen-bond acceptors (Lipinski definition) is 4. The van der Waals surface area contributed by atoms with Gasteiger partial charge in [0.2, 0.25) is 5.78 Å². The number of thiophene rings is 1. The number of aryl methyl sites for hydroxylation is 1. The first-order valence-corrected chi connectivity index (χ1v) is 10.5. The second-order valence-corrected chi connectivity index (χ2v) is 7.63. The van der Waals surface area contributed by atoms with Crippen molar-refractivity contribution in [2.75, 3.05) is 0 Å². The number of ketones is 1. The highest BCUT2D eigenvalue weighted by Gasteiger charge is 2.28. The third-order valence-electron chi connectivity index (χ3n) is 4.97. The Hall–Kier alpha value is -3.18. The first kappa shape index (κ1) is 19.2. The van der Waals surface area contributed by atoms with Gasteiger partial charge < -0.3 is 9.72 Å². The highest BCUT2D eigenvalue weighted by atomic mass is 32.1. The number of H-pyrrole nitrogens is 1. The van der Waals surface area contributed by atoms with Crippen molar-refractivity contribution >= 4 is 34.0 Å². The Labute approximate surface area is 173 Å². The van der Waals surface area contributed by atoms with E-state index in [0.29, 0.717) is 11.1 Å². The van der Waals surface area contributed by atoms with Gasteiger partial charge in [-0.25, -0.2) is 0 Å². The van der Waals surface area contributed by atoms with Crippen LogP contribution in [0.3, 0.4) is 0 Å².